The number of hydrogen-bond donors (Lipinski definition) is 2. The molecule has 124 valence electrons. The molecule has 0 aromatic heterocycles. The molecule has 0 aromatic carbocycles. The van der Waals surface area contributed by atoms with Crippen LogP contribution in [0.5, 0.6) is 0 Å². The fraction of sp³-hybridized carbons (Fsp3) is 0.933. The van der Waals surface area contributed by atoms with Gasteiger partial charge >= 0.3 is 5.97 Å². The summed E-state index contributed by atoms with van der Waals surface area (Å²) in [4.78, 5) is 22.2. The van der Waals surface area contributed by atoms with Gasteiger partial charge in [0.2, 0.25) is 6.04 Å². The predicted molar refractivity (Wildman–Crippen MR) is 84.6 cm³/mol. The average molecular weight is 319 g/mol. The maximum absolute atomic E-state index is 11.6. The Morgan fingerprint density at radius 2 is 1.52 bits per heavy atom. The molecule has 0 rings (SSSR count). The van der Waals surface area contributed by atoms with Crippen LogP contribution in [0.15, 0.2) is 4.74 Å². The van der Waals surface area contributed by atoms with E-state index in [0.717, 1.165) is 19.3 Å². The molecule has 0 spiro atoms. The van der Waals surface area contributed by atoms with Crippen molar-refractivity contribution >= 4 is 13.9 Å². The minimum Gasteiger partial charge on any atom is -0.612 e. The molecule has 21 heavy (non-hydrogen) atoms. The number of unbranched alkanes of at least 4 members (excludes halogenated alkanes) is 9. The fourth-order valence-electron chi connectivity index (χ4n) is 2.11. The molecule has 0 fully saturated rings. The molecule has 6 heteroatoms. The van der Waals surface area contributed by atoms with Gasteiger partial charge in [0.15, 0.2) is 7.94 Å². The van der Waals surface area contributed by atoms with E-state index in [1.54, 1.807) is 0 Å². The van der Waals surface area contributed by atoms with Crippen LogP contribution in [0.4, 0.5) is 0 Å². The number of aliphatic hydroxyl groups is 1. The number of carboxylic acid groups (broad SMARTS) is 1. The molecule has 2 atom stereocenters. The molecule has 1 unspecified atom stereocenters. The van der Waals surface area contributed by atoms with Crippen molar-refractivity contribution in [1.29, 1.82) is 0 Å². The predicted octanol–water partition coefficient (Wildman–Crippen LogP) is 3.29. The second-order valence-electron chi connectivity index (χ2n) is 5.41. The fourth-order valence-corrected chi connectivity index (χ4v) is 3.20. The first kappa shape index (κ1) is 20.5. The molecule has 5 nitrogen and oxygen atoms in total. The maximum Gasteiger partial charge on any atom is 0.335 e. The number of rotatable bonds is 14. The van der Waals surface area contributed by atoms with Crippen molar-refractivity contribution in [3.05, 3.63) is 0 Å². The molecule has 0 bridgehead atoms. The van der Waals surface area contributed by atoms with Crippen molar-refractivity contribution in [1.82, 2.24) is 0 Å². The van der Waals surface area contributed by atoms with Crippen LogP contribution < -0.4 is 4.89 Å². The van der Waals surface area contributed by atoms with Crippen LogP contribution in [0.25, 0.3) is 0 Å². The van der Waals surface area contributed by atoms with Gasteiger partial charge in [0.25, 0.3) is 0 Å². The van der Waals surface area contributed by atoms with Crippen LogP contribution >= 0.6 is 7.94 Å². The summed E-state index contributed by atoms with van der Waals surface area (Å²) < 4.78 is 3.63. The van der Waals surface area contributed by atoms with E-state index >= 15 is 0 Å². The largest absolute Gasteiger partial charge is 0.612 e. The van der Waals surface area contributed by atoms with Gasteiger partial charge in [0.05, 0.1) is 6.61 Å². The highest BCUT2D eigenvalue weighted by atomic mass is 31.1. The highest BCUT2D eigenvalue weighted by Gasteiger charge is 2.18. The second-order valence-corrected chi connectivity index (χ2v) is 6.79. The zero-order valence-corrected chi connectivity index (χ0v) is 14.1. The molecular weight excluding hydrogens is 289 g/mol. The zero-order chi connectivity index (χ0) is 15.9. The van der Waals surface area contributed by atoms with Crippen molar-refractivity contribution in [2.24, 2.45) is 4.74 Å². The van der Waals surface area contributed by atoms with Crippen molar-refractivity contribution in [3.8, 4) is 0 Å². The Kier molecular flexibility index (Phi) is 14.1. The summed E-state index contributed by atoms with van der Waals surface area (Å²) in [6.45, 7) is 1.63. The number of carboxylic acids is 1. The molecule has 0 saturated heterocycles. The van der Waals surface area contributed by atoms with Crippen LogP contribution in [0.3, 0.4) is 0 Å². The molecule has 0 aromatic rings. The van der Waals surface area contributed by atoms with Gasteiger partial charge in [-0.25, -0.2) is 4.79 Å². The van der Waals surface area contributed by atoms with E-state index in [1.165, 1.54) is 44.9 Å². The summed E-state index contributed by atoms with van der Waals surface area (Å²) in [6.07, 6.45) is 12.5. The Balaban J connectivity index is 3.49. The first-order valence-corrected chi connectivity index (χ1v) is 9.50. The lowest BCUT2D eigenvalue weighted by molar-refractivity contribution is -0.157. The first-order valence-electron chi connectivity index (χ1n) is 8.10. The maximum atomic E-state index is 11.6. The van der Waals surface area contributed by atoms with Crippen LogP contribution in [0.2, 0.25) is 0 Å². The normalized spacial score (nSPS) is 13.4. The lowest BCUT2D eigenvalue weighted by Crippen LogP contribution is -2.21. The van der Waals surface area contributed by atoms with Gasteiger partial charge in [0.1, 0.15) is 6.16 Å². The summed E-state index contributed by atoms with van der Waals surface area (Å²) in [7, 11) is -1.86. The minimum absolute atomic E-state index is 0.426. The lowest BCUT2D eigenvalue weighted by atomic mass is 10.1. The minimum atomic E-state index is -1.86. The number of nitrogens with zero attached hydrogens (tertiary/aromatic N) is 1. The van der Waals surface area contributed by atoms with E-state index in [9.17, 15) is 9.69 Å². The van der Waals surface area contributed by atoms with Crippen molar-refractivity contribution in [3.63, 3.8) is 0 Å². The SMILES string of the molecule is CCCCCCCCCCCC[P+]([O-])=N[C@@H](CO)C(=O)O. The standard InChI is InChI=1S/C15H30NO4P/c1-2-3-4-5-6-7-8-9-10-11-12-21(20)16-14(13-17)15(18)19/h14,17H,2-13H2,1H3,(H,18,19)/t14-/m0/s1. The van der Waals surface area contributed by atoms with Gasteiger partial charge in [0, 0.05) is 0 Å². The molecular formula is C15H30NO4P. The Hall–Kier alpha value is -0.510. The highest BCUT2D eigenvalue weighted by molar-refractivity contribution is 7.39. The van der Waals surface area contributed by atoms with Gasteiger partial charge in [-0.05, 0) is 12.8 Å². The van der Waals surface area contributed by atoms with Crippen LogP contribution in [-0.2, 0) is 4.79 Å². The molecule has 0 aliphatic rings. The molecule has 0 radical (unpaired) electrons. The van der Waals surface area contributed by atoms with E-state index in [0.29, 0.717) is 6.16 Å². The van der Waals surface area contributed by atoms with E-state index < -0.39 is 26.6 Å². The second kappa shape index (κ2) is 14.4. The molecule has 0 amide bonds. The smallest absolute Gasteiger partial charge is 0.335 e. The van der Waals surface area contributed by atoms with Gasteiger partial charge in [-0.1, -0.05) is 63.0 Å². The van der Waals surface area contributed by atoms with E-state index in [-0.39, 0.29) is 0 Å². The number of aliphatic hydroxyl groups excluding tert-OH is 1. The third kappa shape index (κ3) is 12.9. The molecule has 0 aliphatic heterocycles. The van der Waals surface area contributed by atoms with Crippen LogP contribution in [-0.4, -0.2) is 35.0 Å². The third-order valence-corrected chi connectivity index (χ3v) is 4.66. The Morgan fingerprint density at radius 1 is 1.05 bits per heavy atom. The van der Waals surface area contributed by atoms with E-state index in [4.69, 9.17) is 10.2 Å². The first-order chi connectivity index (χ1) is 10.1. The van der Waals surface area contributed by atoms with Crippen molar-refractivity contribution in [2.45, 2.75) is 77.2 Å². The Bertz CT molecular complexity index is 297. The third-order valence-electron chi connectivity index (χ3n) is 3.43. The Labute approximate surface area is 129 Å². The molecule has 0 saturated carbocycles. The highest BCUT2D eigenvalue weighted by Crippen LogP contribution is 2.20. The number of carbonyl (C=O) groups is 1. The van der Waals surface area contributed by atoms with Crippen LogP contribution in [0, 0.1) is 0 Å². The topological polar surface area (TPSA) is 93.0 Å². The average Bonchev–Trinajstić information content (AvgIpc) is 2.46. The van der Waals surface area contributed by atoms with Crippen LogP contribution in [0.1, 0.15) is 71.1 Å². The molecule has 0 heterocycles. The molecule has 0 aliphatic carbocycles. The van der Waals surface area contributed by atoms with Crippen molar-refractivity contribution < 1.29 is 19.9 Å². The lowest BCUT2D eigenvalue weighted by Gasteiger charge is -2.03. The molecule has 2 N–H and O–H groups in total. The summed E-state index contributed by atoms with van der Waals surface area (Å²) in [5.41, 5.74) is 0. The monoisotopic (exact) mass is 319 g/mol. The quantitative estimate of drug-likeness (QED) is 0.379. The Morgan fingerprint density at radius 3 is 1.95 bits per heavy atom. The van der Waals surface area contributed by atoms with E-state index in [1.807, 2.05) is 0 Å². The van der Waals surface area contributed by atoms with Gasteiger partial charge in [-0.15, -0.1) is 0 Å². The summed E-state index contributed by atoms with van der Waals surface area (Å²) in [6, 6.07) is -1.24. The van der Waals surface area contributed by atoms with E-state index in [2.05, 4.69) is 11.7 Å². The van der Waals surface area contributed by atoms with Crippen molar-refractivity contribution in [2.75, 3.05) is 12.8 Å². The summed E-state index contributed by atoms with van der Waals surface area (Å²) in [5.74, 6) is -1.22. The number of aliphatic carboxylic acids is 1. The van der Waals surface area contributed by atoms with Gasteiger partial charge < -0.3 is 15.1 Å². The summed E-state index contributed by atoms with van der Waals surface area (Å²) >= 11 is 0. The number of hydrogen-bond acceptors (Lipinski definition) is 4. The van der Waals surface area contributed by atoms with Gasteiger partial charge in [-0.2, -0.15) is 0 Å². The van der Waals surface area contributed by atoms with Gasteiger partial charge in [-0.3, -0.25) is 0 Å². The summed E-state index contributed by atoms with van der Waals surface area (Å²) in [5, 5.41) is 17.5. The zero-order valence-electron chi connectivity index (χ0n) is 13.2.